The number of rotatable bonds is 5. The molecule has 1 aromatic heterocycles. The van der Waals surface area contributed by atoms with Crippen LogP contribution in [0.1, 0.15) is 16.6 Å². The number of carbonyl (C=O) groups is 1. The summed E-state index contributed by atoms with van der Waals surface area (Å²) < 4.78 is 6.29. The van der Waals surface area contributed by atoms with Crippen LogP contribution in [0.25, 0.3) is 10.2 Å². The van der Waals surface area contributed by atoms with E-state index in [-0.39, 0.29) is 5.97 Å². The molecule has 1 aliphatic heterocycles. The molecule has 0 aliphatic carbocycles. The van der Waals surface area contributed by atoms with Gasteiger partial charge in [-0.05, 0) is 23.8 Å². The van der Waals surface area contributed by atoms with Crippen LogP contribution >= 0.6 is 22.9 Å². The van der Waals surface area contributed by atoms with Crippen molar-refractivity contribution < 1.29 is 9.53 Å². The lowest BCUT2D eigenvalue weighted by atomic mass is 10.0. The number of para-hydroxylation sites is 1. The highest BCUT2D eigenvalue weighted by atomic mass is 35.5. The second-order valence-corrected chi connectivity index (χ2v) is 8.36. The summed E-state index contributed by atoms with van der Waals surface area (Å²) in [6, 6.07) is 15.3. The SMILES string of the molecule is COC(=O)C(c1ccccc1Cl)N1CCN(Cc2nc3ccccc3s2)CC1. The third-order valence-corrected chi connectivity index (χ3v) is 6.46. The smallest absolute Gasteiger partial charge is 0.327 e. The molecule has 1 fully saturated rings. The predicted octanol–water partition coefficient (Wildman–Crippen LogP) is 3.98. The molecule has 1 saturated heterocycles. The first-order valence-electron chi connectivity index (χ1n) is 9.29. The van der Waals surface area contributed by atoms with Crippen molar-refractivity contribution in [1.29, 1.82) is 0 Å². The normalized spacial score (nSPS) is 16.9. The molecule has 1 atom stereocenters. The molecule has 0 bridgehead atoms. The lowest BCUT2D eigenvalue weighted by Gasteiger charge is -2.38. The number of benzene rings is 2. The zero-order valence-electron chi connectivity index (χ0n) is 15.7. The molecule has 0 amide bonds. The molecule has 3 aromatic rings. The summed E-state index contributed by atoms with van der Waals surface area (Å²) >= 11 is 8.11. The minimum Gasteiger partial charge on any atom is -0.468 e. The number of aromatic nitrogens is 1. The number of hydrogen-bond acceptors (Lipinski definition) is 6. The van der Waals surface area contributed by atoms with E-state index >= 15 is 0 Å². The van der Waals surface area contributed by atoms with Crippen LogP contribution in [0.4, 0.5) is 0 Å². The first kappa shape index (κ1) is 19.3. The largest absolute Gasteiger partial charge is 0.468 e. The number of ether oxygens (including phenoxy) is 1. The summed E-state index contributed by atoms with van der Waals surface area (Å²) in [5.74, 6) is -0.271. The summed E-state index contributed by atoms with van der Waals surface area (Å²) in [6.45, 7) is 4.12. The molecule has 146 valence electrons. The van der Waals surface area contributed by atoms with E-state index in [1.54, 1.807) is 11.3 Å². The molecular weight excluding hydrogens is 394 g/mol. The Hall–Kier alpha value is -1.99. The maximum atomic E-state index is 12.5. The Morgan fingerprint density at radius 3 is 2.57 bits per heavy atom. The van der Waals surface area contributed by atoms with Gasteiger partial charge in [-0.2, -0.15) is 0 Å². The molecule has 2 heterocycles. The highest BCUT2D eigenvalue weighted by Crippen LogP contribution is 2.30. The topological polar surface area (TPSA) is 45.7 Å². The van der Waals surface area contributed by atoms with Crippen molar-refractivity contribution in [3.63, 3.8) is 0 Å². The van der Waals surface area contributed by atoms with E-state index in [2.05, 4.69) is 21.9 Å². The highest BCUT2D eigenvalue weighted by Gasteiger charge is 2.32. The zero-order chi connectivity index (χ0) is 19.5. The van der Waals surface area contributed by atoms with Crippen LogP contribution in [0, 0.1) is 0 Å². The fraction of sp³-hybridized carbons (Fsp3) is 0.333. The predicted molar refractivity (Wildman–Crippen MR) is 113 cm³/mol. The van der Waals surface area contributed by atoms with Gasteiger partial charge in [0.05, 0.1) is 23.9 Å². The number of esters is 1. The third-order valence-electron chi connectivity index (χ3n) is 5.09. The van der Waals surface area contributed by atoms with Crippen LogP contribution in [-0.2, 0) is 16.1 Å². The zero-order valence-corrected chi connectivity index (χ0v) is 17.2. The van der Waals surface area contributed by atoms with Crippen molar-refractivity contribution >= 4 is 39.1 Å². The Labute approximate surface area is 173 Å². The Kier molecular flexibility index (Phi) is 5.92. The molecule has 1 unspecified atom stereocenters. The maximum absolute atomic E-state index is 12.5. The van der Waals surface area contributed by atoms with Gasteiger partial charge in [0.15, 0.2) is 0 Å². The van der Waals surface area contributed by atoms with E-state index < -0.39 is 6.04 Å². The molecule has 0 saturated carbocycles. The molecule has 0 N–H and O–H groups in total. The molecule has 0 spiro atoms. The van der Waals surface area contributed by atoms with Crippen LogP contribution in [-0.4, -0.2) is 54.0 Å². The summed E-state index contributed by atoms with van der Waals surface area (Å²) in [7, 11) is 1.43. The number of halogens is 1. The van der Waals surface area contributed by atoms with Crippen LogP contribution in [0.3, 0.4) is 0 Å². The molecule has 28 heavy (non-hydrogen) atoms. The van der Waals surface area contributed by atoms with E-state index in [0.717, 1.165) is 48.8 Å². The number of carbonyl (C=O) groups excluding carboxylic acids is 1. The van der Waals surface area contributed by atoms with E-state index in [0.29, 0.717) is 5.02 Å². The fourth-order valence-corrected chi connectivity index (χ4v) is 4.89. The van der Waals surface area contributed by atoms with Gasteiger partial charge in [-0.25, -0.2) is 9.78 Å². The van der Waals surface area contributed by atoms with Crippen molar-refractivity contribution in [3.05, 3.63) is 64.1 Å². The van der Waals surface area contributed by atoms with Crippen LogP contribution < -0.4 is 0 Å². The summed E-state index contributed by atoms with van der Waals surface area (Å²) in [6.07, 6.45) is 0. The van der Waals surface area contributed by atoms with Crippen LogP contribution in [0.5, 0.6) is 0 Å². The number of fused-ring (bicyclic) bond motifs is 1. The number of thiazole rings is 1. The van der Waals surface area contributed by atoms with Crippen molar-refractivity contribution in [3.8, 4) is 0 Å². The fourth-order valence-electron chi connectivity index (χ4n) is 3.64. The van der Waals surface area contributed by atoms with Gasteiger partial charge in [-0.1, -0.05) is 41.9 Å². The monoisotopic (exact) mass is 415 g/mol. The van der Waals surface area contributed by atoms with Crippen molar-refractivity contribution in [1.82, 2.24) is 14.8 Å². The Balaban J connectivity index is 1.44. The van der Waals surface area contributed by atoms with Gasteiger partial charge >= 0.3 is 5.97 Å². The summed E-state index contributed by atoms with van der Waals surface area (Å²) in [4.78, 5) is 21.8. The van der Waals surface area contributed by atoms with Gasteiger partial charge in [0.1, 0.15) is 11.0 Å². The lowest BCUT2D eigenvalue weighted by molar-refractivity contribution is -0.148. The lowest BCUT2D eigenvalue weighted by Crippen LogP contribution is -2.49. The van der Waals surface area contributed by atoms with Crippen LogP contribution in [0.15, 0.2) is 48.5 Å². The molecule has 1 aliphatic rings. The number of hydrogen-bond donors (Lipinski definition) is 0. The molecular formula is C21H22ClN3O2S. The second kappa shape index (κ2) is 8.57. The number of piperazine rings is 1. The molecule has 0 radical (unpaired) electrons. The summed E-state index contributed by atoms with van der Waals surface area (Å²) in [5.41, 5.74) is 1.86. The minimum absolute atomic E-state index is 0.271. The van der Waals surface area contributed by atoms with Crippen molar-refractivity contribution in [2.24, 2.45) is 0 Å². The Morgan fingerprint density at radius 2 is 1.86 bits per heavy atom. The first-order valence-corrected chi connectivity index (χ1v) is 10.5. The quantitative estimate of drug-likeness (QED) is 0.590. The highest BCUT2D eigenvalue weighted by molar-refractivity contribution is 7.18. The van der Waals surface area contributed by atoms with Gasteiger partial charge in [-0.3, -0.25) is 9.80 Å². The van der Waals surface area contributed by atoms with Gasteiger partial charge < -0.3 is 4.74 Å². The van der Waals surface area contributed by atoms with Gasteiger partial charge in [0, 0.05) is 31.2 Å². The minimum atomic E-state index is -0.469. The van der Waals surface area contributed by atoms with E-state index in [4.69, 9.17) is 21.3 Å². The number of nitrogens with zero attached hydrogens (tertiary/aromatic N) is 3. The maximum Gasteiger partial charge on any atom is 0.327 e. The number of methoxy groups -OCH3 is 1. The van der Waals surface area contributed by atoms with Gasteiger partial charge in [0.2, 0.25) is 0 Å². The Morgan fingerprint density at radius 1 is 1.14 bits per heavy atom. The molecule has 5 nitrogen and oxygen atoms in total. The Bertz CT molecular complexity index is 936. The van der Waals surface area contributed by atoms with E-state index in [9.17, 15) is 4.79 Å². The summed E-state index contributed by atoms with van der Waals surface area (Å²) in [5, 5.41) is 1.72. The van der Waals surface area contributed by atoms with Crippen molar-refractivity contribution in [2.45, 2.75) is 12.6 Å². The van der Waals surface area contributed by atoms with E-state index in [1.165, 1.54) is 11.8 Å². The van der Waals surface area contributed by atoms with Gasteiger partial charge in [0.25, 0.3) is 0 Å². The van der Waals surface area contributed by atoms with Gasteiger partial charge in [-0.15, -0.1) is 11.3 Å². The average Bonchev–Trinajstić information content (AvgIpc) is 3.13. The molecule has 7 heteroatoms. The third kappa shape index (κ3) is 4.05. The molecule has 4 rings (SSSR count). The van der Waals surface area contributed by atoms with E-state index in [1.807, 2.05) is 36.4 Å². The first-order chi connectivity index (χ1) is 13.7. The standard InChI is InChI=1S/C21H22ClN3O2S/c1-27-21(26)20(15-6-2-3-7-16(15)22)25-12-10-24(11-13-25)14-19-23-17-8-4-5-9-18(17)28-19/h2-9,20H,10-14H2,1H3. The second-order valence-electron chi connectivity index (χ2n) is 6.83. The van der Waals surface area contributed by atoms with Crippen LogP contribution in [0.2, 0.25) is 5.02 Å². The molecule has 2 aromatic carbocycles. The van der Waals surface area contributed by atoms with Crippen molar-refractivity contribution in [2.75, 3.05) is 33.3 Å². The average molecular weight is 416 g/mol.